The van der Waals surface area contributed by atoms with Crippen molar-refractivity contribution in [1.29, 1.82) is 0 Å². The predicted octanol–water partition coefficient (Wildman–Crippen LogP) is -0.352. The molecule has 0 radical (unpaired) electrons. The maximum Gasteiger partial charge on any atom is 0.244 e. The number of halogens is 1. The third kappa shape index (κ3) is 2.59. The number of nitrogens with two attached hydrogens (primary N) is 1. The van der Waals surface area contributed by atoms with Gasteiger partial charge in [-0.1, -0.05) is 5.21 Å². The largest absolute Gasteiger partial charge is 0.337 e. The molecule has 0 spiro atoms. The summed E-state index contributed by atoms with van der Waals surface area (Å²) in [4.78, 5) is 14.0. The van der Waals surface area contributed by atoms with E-state index in [-0.39, 0.29) is 24.5 Å². The van der Waals surface area contributed by atoms with Crippen LogP contribution >= 0.6 is 15.9 Å². The molecular weight excluding hydrogens is 326 g/mol. The van der Waals surface area contributed by atoms with Gasteiger partial charge >= 0.3 is 0 Å². The van der Waals surface area contributed by atoms with Gasteiger partial charge in [-0.15, -0.1) is 5.10 Å². The number of hydrogen-bond acceptors (Lipinski definition) is 5. The molecule has 3 heterocycles. The summed E-state index contributed by atoms with van der Waals surface area (Å²) in [6, 6.07) is -0.157. The van der Waals surface area contributed by atoms with E-state index in [0.29, 0.717) is 13.1 Å². The number of aromatic nitrogens is 5. The zero-order valence-electron chi connectivity index (χ0n) is 10.6. The van der Waals surface area contributed by atoms with Crippen LogP contribution in [0.3, 0.4) is 0 Å². The van der Waals surface area contributed by atoms with Crippen LogP contribution in [-0.4, -0.2) is 54.7 Å². The molecule has 0 unspecified atom stereocenters. The fraction of sp³-hybridized carbons (Fsp3) is 0.455. The van der Waals surface area contributed by atoms with Crippen molar-refractivity contribution in [2.75, 3.05) is 13.1 Å². The van der Waals surface area contributed by atoms with Gasteiger partial charge in [0.05, 0.1) is 22.9 Å². The molecule has 1 saturated heterocycles. The topological polar surface area (TPSA) is 94.9 Å². The molecule has 1 fully saturated rings. The van der Waals surface area contributed by atoms with Crippen LogP contribution in [-0.2, 0) is 11.3 Å². The molecular formula is C11H14BrN7O. The van der Waals surface area contributed by atoms with Gasteiger partial charge < -0.3 is 10.6 Å². The van der Waals surface area contributed by atoms with E-state index in [1.807, 2.05) is 0 Å². The zero-order chi connectivity index (χ0) is 14.1. The summed E-state index contributed by atoms with van der Waals surface area (Å²) in [6.07, 6.45) is 6.80. The average Bonchev–Trinajstić information content (AvgIpc) is 3.10. The Morgan fingerprint density at radius 1 is 1.50 bits per heavy atom. The van der Waals surface area contributed by atoms with Gasteiger partial charge in [0, 0.05) is 31.5 Å². The molecule has 9 heteroatoms. The lowest BCUT2D eigenvalue weighted by molar-refractivity contribution is -0.131. The number of amides is 1. The van der Waals surface area contributed by atoms with Crippen molar-refractivity contribution in [1.82, 2.24) is 29.7 Å². The third-order valence-corrected chi connectivity index (χ3v) is 3.77. The fourth-order valence-corrected chi connectivity index (χ4v) is 2.68. The van der Waals surface area contributed by atoms with Gasteiger partial charge in [-0.3, -0.25) is 9.48 Å². The monoisotopic (exact) mass is 339 g/mol. The second-order valence-electron chi connectivity index (χ2n) is 4.77. The molecule has 20 heavy (non-hydrogen) atoms. The molecule has 1 aliphatic rings. The summed E-state index contributed by atoms with van der Waals surface area (Å²) < 4.78 is 4.16. The lowest BCUT2D eigenvalue weighted by Crippen LogP contribution is -2.34. The summed E-state index contributed by atoms with van der Waals surface area (Å²) in [5.74, 6) is -0.00124. The Labute approximate surface area is 123 Å². The molecule has 8 nitrogen and oxygen atoms in total. The van der Waals surface area contributed by atoms with Crippen molar-refractivity contribution >= 4 is 21.8 Å². The van der Waals surface area contributed by atoms with Crippen LogP contribution < -0.4 is 5.73 Å². The van der Waals surface area contributed by atoms with E-state index in [1.54, 1.807) is 39.1 Å². The molecule has 1 aliphatic heterocycles. The Hall–Kier alpha value is -1.74. The first-order valence-electron chi connectivity index (χ1n) is 6.20. The number of carbonyl (C=O) groups excluding carboxylic acids is 1. The molecule has 0 bridgehead atoms. The molecule has 2 aromatic heterocycles. The van der Waals surface area contributed by atoms with E-state index in [1.165, 1.54) is 0 Å². The highest BCUT2D eigenvalue weighted by Crippen LogP contribution is 2.20. The van der Waals surface area contributed by atoms with Gasteiger partial charge in [-0.2, -0.15) is 5.10 Å². The standard InChI is InChI=1S/C11H14BrN7O/c12-8-3-15-18(4-8)7-11(20)17-5-9(13)10(6-17)19-2-1-14-16-19/h1-4,9-10H,5-7,13H2/t9-,10+/m1/s1. The van der Waals surface area contributed by atoms with Gasteiger partial charge in [-0.25, -0.2) is 4.68 Å². The lowest BCUT2D eigenvalue weighted by atomic mass is 10.2. The molecule has 2 N–H and O–H groups in total. The average molecular weight is 340 g/mol. The molecule has 0 aliphatic carbocycles. The molecule has 1 amide bonds. The lowest BCUT2D eigenvalue weighted by Gasteiger charge is -2.16. The number of hydrogen-bond donors (Lipinski definition) is 1. The number of nitrogens with zero attached hydrogens (tertiary/aromatic N) is 6. The maximum atomic E-state index is 12.2. The van der Waals surface area contributed by atoms with Crippen LogP contribution in [0.1, 0.15) is 6.04 Å². The first-order valence-corrected chi connectivity index (χ1v) is 7.00. The minimum atomic E-state index is -0.134. The Balaban J connectivity index is 1.65. The van der Waals surface area contributed by atoms with E-state index in [2.05, 4.69) is 31.3 Å². The highest BCUT2D eigenvalue weighted by molar-refractivity contribution is 9.10. The highest BCUT2D eigenvalue weighted by Gasteiger charge is 2.34. The summed E-state index contributed by atoms with van der Waals surface area (Å²) >= 11 is 3.30. The summed E-state index contributed by atoms with van der Waals surface area (Å²) in [6.45, 7) is 1.28. The van der Waals surface area contributed by atoms with Crippen molar-refractivity contribution in [2.24, 2.45) is 5.73 Å². The molecule has 3 rings (SSSR count). The van der Waals surface area contributed by atoms with Crippen molar-refractivity contribution in [3.8, 4) is 0 Å². The highest BCUT2D eigenvalue weighted by atomic mass is 79.9. The summed E-state index contributed by atoms with van der Waals surface area (Å²) in [5.41, 5.74) is 6.08. The SMILES string of the molecule is N[C@@H]1CN(C(=O)Cn2cc(Br)cn2)C[C@@H]1n1ccnn1. The van der Waals surface area contributed by atoms with Gasteiger partial charge in [0.25, 0.3) is 0 Å². The van der Waals surface area contributed by atoms with Crippen LogP contribution in [0.4, 0.5) is 0 Å². The Morgan fingerprint density at radius 3 is 3.00 bits per heavy atom. The molecule has 2 aromatic rings. The second-order valence-corrected chi connectivity index (χ2v) is 5.68. The Bertz CT molecular complexity index is 596. The summed E-state index contributed by atoms with van der Waals surface area (Å²) in [7, 11) is 0. The zero-order valence-corrected chi connectivity index (χ0v) is 12.2. The predicted molar refractivity (Wildman–Crippen MR) is 73.5 cm³/mol. The normalized spacial score (nSPS) is 22.4. The number of carbonyl (C=O) groups is 1. The molecule has 0 saturated carbocycles. The van der Waals surface area contributed by atoms with E-state index in [0.717, 1.165) is 4.47 Å². The molecule has 106 valence electrons. The summed E-state index contributed by atoms with van der Waals surface area (Å²) in [5, 5.41) is 11.8. The van der Waals surface area contributed by atoms with E-state index < -0.39 is 0 Å². The van der Waals surface area contributed by atoms with Crippen molar-refractivity contribution < 1.29 is 4.79 Å². The first kappa shape index (κ1) is 13.3. The Kier molecular flexibility index (Phi) is 3.53. The number of likely N-dealkylation sites (tertiary alicyclic amines) is 1. The smallest absolute Gasteiger partial charge is 0.244 e. The van der Waals surface area contributed by atoms with Crippen molar-refractivity contribution in [3.63, 3.8) is 0 Å². The minimum absolute atomic E-state index is 0.00124. The first-order chi connectivity index (χ1) is 9.63. The van der Waals surface area contributed by atoms with Gasteiger partial charge in [0.15, 0.2) is 0 Å². The van der Waals surface area contributed by atoms with Crippen molar-refractivity contribution in [2.45, 2.75) is 18.6 Å². The maximum absolute atomic E-state index is 12.2. The molecule has 2 atom stereocenters. The molecule has 0 aromatic carbocycles. The minimum Gasteiger partial charge on any atom is -0.337 e. The van der Waals surface area contributed by atoms with Gasteiger partial charge in [-0.05, 0) is 15.9 Å². The van der Waals surface area contributed by atoms with E-state index in [9.17, 15) is 4.79 Å². The Morgan fingerprint density at radius 2 is 2.35 bits per heavy atom. The quantitative estimate of drug-likeness (QED) is 0.824. The fourth-order valence-electron chi connectivity index (χ4n) is 2.35. The van der Waals surface area contributed by atoms with Crippen LogP contribution in [0.5, 0.6) is 0 Å². The van der Waals surface area contributed by atoms with Crippen LogP contribution in [0.2, 0.25) is 0 Å². The van der Waals surface area contributed by atoms with Crippen LogP contribution in [0.25, 0.3) is 0 Å². The van der Waals surface area contributed by atoms with E-state index in [4.69, 9.17) is 5.73 Å². The number of rotatable bonds is 3. The van der Waals surface area contributed by atoms with E-state index >= 15 is 0 Å². The van der Waals surface area contributed by atoms with Gasteiger partial charge in [0.2, 0.25) is 5.91 Å². The van der Waals surface area contributed by atoms with Crippen LogP contribution in [0, 0.1) is 0 Å². The van der Waals surface area contributed by atoms with Crippen LogP contribution in [0.15, 0.2) is 29.3 Å². The second kappa shape index (κ2) is 5.33. The third-order valence-electron chi connectivity index (χ3n) is 3.37. The van der Waals surface area contributed by atoms with Gasteiger partial charge in [0.1, 0.15) is 6.54 Å². The van der Waals surface area contributed by atoms with Crippen molar-refractivity contribution in [3.05, 3.63) is 29.3 Å².